The number of hydrogen-bond acceptors (Lipinski definition) is 3. The van der Waals surface area contributed by atoms with E-state index in [0.717, 1.165) is 18.7 Å². The number of aromatic nitrogens is 1. The van der Waals surface area contributed by atoms with Gasteiger partial charge in [0.1, 0.15) is 5.69 Å². The standard InChI is InChI=1S/C14H16F2N2O/c1-9(2)6-17-7-13-14(19-8-18-13)10-3-4-11(15)12(16)5-10/h3-5,8-9,17H,6-7H2,1-2H3. The van der Waals surface area contributed by atoms with Crippen LogP contribution in [0.25, 0.3) is 11.3 Å². The Labute approximate surface area is 110 Å². The van der Waals surface area contributed by atoms with Crippen LogP contribution in [0.2, 0.25) is 0 Å². The second kappa shape index (κ2) is 5.93. The molecule has 19 heavy (non-hydrogen) atoms. The fourth-order valence-electron chi connectivity index (χ4n) is 1.75. The van der Waals surface area contributed by atoms with Gasteiger partial charge in [-0.25, -0.2) is 13.8 Å². The van der Waals surface area contributed by atoms with Gasteiger partial charge < -0.3 is 9.73 Å². The van der Waals surface area contributed by atoms with Crippen LogP contribution in [0.1, 0.15) is 19.5 Å². The average molecular weight is 266 g/mol. The molecule has 1 heterocycles. The maximum Gasteiger partial charge on any atom is 0.181 e. The molecule has 2 rings (SSSR count). The van der Waals surface area contributed by atoms with Gasteiger partial charge in [-0.2, -0.15) is 0 Å². The van der Waals surface area contributed by atoms with Gasteiger partial charge in [-0.15, -0.1) is 0 Å². The summed E-state index contributed by atoms with van der Waals surface area (Å²) < 4.78 is 31.4. The molecule has 3 nitrogen and oxygen atoms in total. The molecule has 1 N–H and O–H groups in total. The summed E-state index contributed by atoms with van der Waals surface area (Å²) in [4.78, 5) is 4.10. The highest BCUT2D eigenvalue weighted by atomic mass is 19.2. The van der Waals surface area contributed by atoms with Gasteiger partial charge in [0.05, 0.1) is 0 Å². The lowest BCUT2D eigenvalue weighted by Crippen LogP contribution is -2.19. The zero-order valence-electron chi connectivity index (χ0n) is 10.9. The third kappa shape index (κ3) is 3.38. The molecule has 0 aliphatic heterocycles. The van der Waals surface area contributed by atoms with Crippen molar-refractivity contribution in [1.82, 2.24) is 10.3 Å². The fourth-order valence-corrected chi connectivity index (χ4v) is 1.75. The average Bonchev–Trinajstić information content (AvgIpc) is 2.80. The highest BCUT2D eigenvalue weighted by Gasteiger charge is 2.13. The van der Waals surface area contributed by atoms with Crippen molar-refractivity contribution in [3.05, 3.63) is 41.9 Å². The lowest BCUT2D eigenvalue weighted by Gasteiger charge is -2.06. The van der Waals surface area contributed by atoms with Gasteiger partial charge in [0.25, 0.3) is 0 Å². The first-order valence-electron chi connectivity index (χ1n) is 6.16. The molecule has 1 aromatic heterocycles. The summed E-state index contributed by atoms with van der Waals surface area (Å²) in [7, 11) is 0. The number of halogens is 2. The maximum atomic E-state index is 13.2. The van der Waals surface area contributed by atoms with Crippen molar-refractivity contribution in [1.29, 1.82) is 0 Å². The zero-order valence-corrected chi connectivity index (χ0v) is 10.9. The van der Waals surface area contributed by atoms with E-state index in [9.17, 15) is 8.78 Å². The van der Waals surface area contributed by atoms with E-state index >= 15 is 0 Å². The van der Waals surface area contributed by atoms with E-state index in [0.29, 0.717) is 29.5 Å². The van der Waals surface area contributed by atoms with Crippen molar-refractivity contribution >= 4 is 0 Å². The predicted octanol–water partition coefficient (Wildman–Crippen LogP) is 3.37. The second-order valence-electron chi connectivity index (χ2n) is 4.78. The van der Waals surface area contributed by atoms with Gasteiger partial charge in [0.2, 0.25) is 0 Å². The van der Waals surface area contributed by atoms with Crippen molar-refractivity contribution < 1.29 is 13.2 Å². The van der Waals surface area contributed by atoms with E-state index in [4.69, 9.17) is 4.42 Å². The summed E-state index contributed by atoms with van der Waals surface area (Å²) in [5, 5.41) is 3.23. The van der Waals surface area contributed by atoms with Crippen LogP contribution in [-0.2, 0) is 6.54 Å². The Morgan fingerprint density at radius 2 is 2.05 bits per heavy atom. The maximum absolute atomic E-state index is 13.2. The molecule has 5 heteroatoms. The molecule has 0 saturated carbocycles. The van der Waals surface area contributed by atoms with Crippen molar-refractivity contribution in [2.75, 3.05) is 6.54 Å². The van der Waals surface area contributed by atoms with Gasteiger partial charge in [0, 0.05) is 12.1 Å². The minimum absolute atomic E-state index is 0.468. The minimum atomic E-state index is -0.894. The Bertz CT molecular complexity index is 552. The normalized spacial score (nSPS) is 11.2. The van der Waals surface area contributed by atoms with Gasteiger partial charge in [-0.05, 0) is 30.7 Å². The SMILES string of the molecule is CC(C)CNCc1ncoc1-c1ccc(F)c(F)c1. The van der Waals surface area contributed by atoms with Gasteiger partial charge in [0.15, 0.2) is 23.8 Å². The number of nitrogens with one attached hydrogen (secondary N) is 1. The molecule has 102 valence electrons. The van der Waals surface area contributed by atoms with Gasteiger partial charge >= 0.3 is 0 Å². The van der Waals surface area contributed by atoms with E-state index in [1.807, 2.05) is 0 Å². The largest absolute Gasteiger partial charge is 0.443 e. The molecular weight excluding hydrogens is 250 g/mol. The third-order valence-electron chi connectivity index (χ3n) is 2.67. The highest BCUT2D eigenvalue weighted by molar-refractivity contribution is 5.59. The van der Waals surface area contributed by atoms with Crippen LogP contribution in [0.3, 0.4) is 0 Å². The molecule has 0 bridgehead atoms. The molecule has 0 radical (unpaired) electrons. The molecule has 0 aliphatic rings. The molecule has 0 fully saturated rings. The first kappa shape index (κ1) is 13.7. The lowest BCUT2D eigenvalue weighted by molar-refractivity contribution is 0.507. The van der Waals surface area contributed by atoms with E-state index in [2.05, 4.69) is 24.1 Å². The van der Waals surface area contributed by atoms with Gasteiger partial charge in [-0.3, -0.25) is 0 Å². The number of nitrogens with zero attached hydrogens (tertiary/aromatic N) is 1. The molecule has 2 aromatic rings. The van der Waals surface area contributed by atoms with Gasteiger partial charge in [-0.1, -0.05) is 13.8 Å². The third-order valence-corrected chi connectivity index (χ3v) is 2.67. The fraction of sp³-hybridized carbons (Fsp3) is 0.357. The molecule has 0 aliphatic carbocycles. The summed E-state index contributed by atoms with van der Waals surface area (Å²) in [6.07, 6.45) is 1.31. The summed E-state index contributed by atoms with van der Waals surface area (Å²) in [5.74, 6) is -0.772. The molecule has 0 spiro atoms. The second-order valence-corrected chi connectivity index (χ2v) is 4.78. The lowest BCUT2D eigenvalue weighted by atomic mass is 10.1. The monoisotopic (exact) mass is 266 g/mol. The van der Waals surface area contributed by atoms with E-state index in [1.54, 1.807) is 0 Å². The van der Waals surface area contributed by atoms with Crippen LogP contribution in [0, 0.1) is 17.6 Å². The van der Waals surface area contributed by atoms with Crippen LogP contribution in [0.5, 0.6) is 0 Å². The molecule has 0 unspecified atom stereocenters. The Morgan fingerprint density at radius 1 is 1.26 bits per heavy atom. The number of rotatable bonds is 5. The summed E-state index contributed by atoms with van der Waals surface area (Å²) >= 11 is 0. The summed E-state index contributed by atoms with van der Waals surface area (Å²) in [5.41, 5.74) is 1.17. The van der Waals surface area contributed by atoms with Crippen molar-refractivity contribution in [2.45, 2.75) is 20.4 Å². The highest BCUT2D eigenvalue weighted by Crippen LogP contribution is 2.24. The Balaban J connectivity index is 2.16. The van der Waals surface area contributed by atoms with Crippen molar-refractivity contribution in [3.63, 3.8) is 0 Å². The van der Waals surface area contributed by atoms with Crippen LogP contribution < -0.4 is 5.32 Å². The van der Waals surface area contributed by atoms with Crippen LogP contribution in [0.15, 0.2) is 29.0 Å². The smallest absolute Gasteiger partial charge is 0.181 e. The first-order valence-corrected chi connectivity index (χ1v) is 6.16. The predicted molar refractivity (Wildman–Crippen MR) is 68.4 cm³/mol. The molecule has 0 atom stereocenters. The van der Waals surface area contributed by atoms with Crippen LogP contribution in [0.4, 0.5) is 8.78 Å². The number of oxazole rings is 1. The topological polar surface area (TPSA) is 38.1 Å². The first-order chi connectivity index (χ1) is 9.08. The Morgan fingerprint density at radius 3 is 2.74 bits per heavy atom. The number of benzene rings is 1. The minimum Gasteiger partial charge on any atom is -0.443 e. The Kier molecular flexibility index (Phi) is 4.27. The van der Waals surface area contributed by atoms with E-state index in [1.165, 1.54) is 12.5 Å². The molecule has 0 saturated heterocycles. The van der Waals surface area contributed by atoms with Crippen molar-refractivity contribution in [3.8, 4) is 11.3 Å². The molecule has 1 aromatic carbocycles. The van der Waals surface area contributed by atoms with Crippen molar-refractivity contribution in [2.24, 2.45) is 5.92 Å². The van der Waals surface area contributed by atoms with E-state index in [-0.39, 0.29) is 0 Å². The van der Waals surface area contributed by atoms with Crippen LogP contribution in [-0.4, -0.2) is 11.5 Å². The summed E-state index contributed by atoms with van der Waals surface area (Å²) in [6.45, 7) is 5.59. The van der Waals surface area contributed by atoms with Crippen LogP contribution >= 0.6 is 0 Å². The zero-order chi connectivity index (χ0) is 13.8. The van der Waals surface area contributed by atoms with E-state index < -0.39 is 11.6 Å². The summed E-state index contributed by atoms with van der Waals surface area (Å²) in [6, 6.07) is 3.67. The number of hydrogen-bond donors (Lipinski definition) is 1. The molecule has 0 amide bonds. The quantitative estimate of drug-likeness (QED) is 0.901. The Hall–Kier alpha value is -1.75. The molecular formula is C14H16F2N2O.